The summed E-state index contributed by atoms with van der Waals surface area (Å²) in [6.45, 7) is 2.28. The van der Waals surface area contributed by atoms with Gasteiger partial charge in [0.2, 0.25) is 0 Å². The Balaban J connectivity index is 2.01. The normalized spacial score (nSPS) is 10.0. The van der Waals surface area contributed by atoms with Crippen molar-refractivity contribution in [1.82, 2.24) is 14.9 Å². The lowest BCUT2D eigenvalue weighted by atomic mass is 10.2. The molecule has 0 radical (unpaired) electrons. The summed E-state index contributed by atoms with van der Waals surface area (Å²) in [5.74, 6) is 5.33. The molecule has 0 fully saturated rings. The molecule has 1 amide bonds. The smallest absolute Gasteiger partial charge is 0.265 e. The lowest BCUT2D eigenvalue weighted by Gasteiger charge is -2.03. The van der Waals surface area contributed by atoms with Gasteiger partial charge in [-0.05, 0) is 29.4 Å². The lowest BCUT2D eigenvalue weighted by molar-refractivity contribution is 0.0954. The lowest BCUT2D eigenvalue weighted by Crippen LogP contribution is -2.22. The summed E-state index contributed by atoms with van der Waals surface area (Å²) in [4.78, 5) is 13.7. The minimum Gasteiger partial charge on any atom is -0.384 e. The Morgan fingerprint density at radius 2 is 2.38 bits per heavy atom. The maximum absolute atomic E-state index is 12.2. The number of thiophene rings is 1. The molecule has 0 aromatic carbocycles. The van der Waals surface area contributed by atoms with E-state index < -0.39 is 0 Å². The van der Waals surface area contributed by atoms with Gasteiger partial charge >= 0.3 is 0 Å². The quantitative estimate of drug-likeness (QED) is 0.824. The van der Waals surface area contributed by atoms with Crippen LogP contribution >= 0.6 is 22.9 Å². The summed E-state index contributed by atoms with van der Waals surface area (Å²) in [5, 5.41) is 17.5. The Kier molecular flexibility index (Phi) is 5.87. The summed E-state index contributed by atoms with van der Waals surface area (Å²) in [6, 6.07) is 1.88. The van der Waals surface area contributed by atoms with Gasteiger partial charge in [-0.15, -0.1) is 16.4 Å². The molecule has 110 valence electrons. The van der Waals surface area contributed by atoms with E-state index in [1.165, 1.54) is 11.3 Å². The summed E-state index contributed by atoms with van der Waals surface area (Å²) in [7, 11) is 0. The van der Waals surface area contributed by atoms with Crippen LogP contribution < -0.4 is 5.32 Å². The van der Waals surface area contributed by atoms with Crippen LogP contribution in [0, 0.1) is 11.8 Å². The van der Waals surface area contributed by atoms with Crippen molar-refractivity contribution in [3.63, 3.8) is 0 Å². The van der Waals surface area contributed by atoms with Gasteiger partial charge in [0.1, 0.15) is 11.5 Å². The number of carbonyl (C=O) groups excluding carboxylic acids is 1. The maximum Gasteiger partial charge on any atom is 0.265 e. The van der Waals surface area contributed by atoms with E-state index in [0.717, 1.165) is 40.5 Å². The molecule has 0 aliphatic rings. The number of hydrogen-bond acceptors (Lipinski definition) is 6. The van der Waals surface area contributed by atoms with Crippen LogP contribution in [0.2, 0.25) is 0 Å². The van der Waals surface area contributed by atoms with Crippen LogP contribution in [0.25, 0.3) is 0 Å². The predicted molar refractivity (Wildman–Crippen MR) is 83.4 cm³/mol. The molecule has 0 atom stereocenters. The number of nitrogens with one attached hydrogen (secondary N) is 1. The first kappa shape index (κ1) is 15.6. The summed E-state index contributed by atoms with van der Waals surface area (Å²) >= 11 is 2.65. The summed E-state index contributed by atoms with van der Waals surface area (Å²) < 4.78 is 3.85. The minimum atomic E-state index is -0.172. The van der Waals surface area contributed by atoms with Crippen molar-refractivity contribution in [3.8, 4) is 11.8 Å². The largest absolute Gasteiger partial charge is 0.384 e. The highest BCUT2D eigenvalue weighted by molar-refractivity contribution is 7.10. The first-order valence-corrected chi connectivity index (χ1v) is 8.17. The van der Waals surface area contributed by atoms with Crippen molar-refractivity contribution in [2.75, 3.05) is 6.61 Å². The van der Waals surface area contributed by atoms with Crippen molar-refractivity contribution >= 4 is 28.8 Å². The number of hydrogen-bond donors (Lipinski definition) is 2. The molecule has 2 heterocycles. The third-order valence-corrected chi connectivity index (χ3v) is 4.39. The summed E-state index contributed by atoms with van der Waals surface area (Å²) in [5.41, 5.74) is 1.59. The number of aliphatic hydroxyl groups excluding tert-OH is 1. The fourth-order valence-electron chi connectivity index (χ4n) is 1.75. The SMILES string of the molecule is CCCc1nnsc1C(=O)NCc1sccc1C#CCO. The van der Waals surface area contributed by atoms with E-state index in [1.54, 1.807) is 0 Å². The van der Waals surface area contributed by atoms with Gasteiger partial charge in [0, 0.05) is 10.4 Å². The Morgan fingerprint density at radius 3 is 3.14 bits per heavy atom. The zero-order chi connectivity index (χ0) is 15.1. The van der Waals surface area contributed by atoms with Gasteiger partial charge in [0.25, 0.3) is 5.91 Å². The highest BCUT2D eigenvalue weighted by Gasteiger charge is 2.15. The van der Waals surface area contributed by atoms with Crippen LogP contribution in [0.1, 0.15) is 39.2 Å². The highest BCUT2D eigenvalue weighted by atomic mass is 32.1. The Bertz CT molecular complexity index is 667. The zero-order valence-corrected chi connectivity index (χ0v) is 13.2. The van der Waals surface area contributed by atoms with E-state index in [4.69, 9.17) is 5.11 Å². The van der Waals surface area contributed by atoms with Crippen molar-refractivity contribution < 1.29 is 9.90 Å². The average molecular weight is 321 g/mol. The number of aromatic nitrogens is 2. The van der Waals surface area contributed by atoms with E-state index in [0.29, 0.717) is 11.4 Å². The molecular weight excluding hydrogens is 306 g/mol. The molecule has 2 rings (SSSR count). The van der Waals surface area contributed by atoms with Crippen molar-refractivity contribution in [3.05, 3.63) is 32.5 Å². The van der Waals surface area contributed by atoms with Crippen LogP contribution in [0.15, 0.2) is 11.4 Å². The van der Waals surface area contributed by atoms with Gasteiger partial charge in [0.15, 0.2) is 0 Å². The number of aliphatic hydroxyl groups is 1. The second kappa shape index (κ2) is 7.88. The van der Waals surface area contributed by atoms with E-state index >= 15 is 0 Å². The maximum atomic E-state index is 12.2. The molecule has 7 heteroatoms. The van der Waals surface area contributed by atoms with E-state index in [2.05, 4.69) is 26.7 Å². The Morgan fingerprint density at radius 1 is 1.52 bits per heavy atom. The van der Waals surface area contributed by atoms with Crippen molar-refractivity contribution in [2.24, 2.45) is 0 Å². The van der Waals surface area contributed by atoms with Gasteiger partial charge in [0.05, 0.1) is 12.2 Å². The molecule has 2 N–H and O–H groups in total. The molecule has 2 aromatic heterocycles. The molecule has 0 aliphatic heterocycles. The van der Waals surface area contributed by atoms with Crippen LogP contribution in [-0.4, -0.2) is 27.2 Å². The number of nitrogens with zero attached hydrogens (tertiary/aromatic N) is 2. The second-order valence-corrected chi connectivity index (χ2v) is 5.95. The number of aryl methyl sites for hydroxylation is 1. The molecule has 5 nitrogen and oxygen atoms in total. The van der Waals surface area contributed by atoms with Crippen LogP contribution in [0.4, 0.5) is 0 Å². The number of rotatable bonds is 5. The Hall–Kier alpha value is -1.75. The fraction of sp³-hybridized carbons (Fsp3) is 0.357. The summed E-state index contributed by atoms with van der Waals surface area (Å²) in [6.07, 6.45) is 1.68. The second-order valence-electron chi connectivity index (χ2n) is 4.20. The van der Waals surface area contributed by atoms with Crippen LogP contribution in [-0.2, 0) is 13.0 Å². The third kappa shape index (κ3) is 4.11. The van der Waals surface area contributed by atoms with E-state index in [-0.39, 0.29) is 12.5 Å². The standard InChI is InChI=1S/C14H15N3O2S2/c1-2-4-11-13(21-17-16-11)14(19)15-9-12-10(5-3-7-18)6-8-20-12/h6,8,18H,2,4,7,9H2,1H3,(H,15,19). The van der Waals surface area contributed by atoms with E-state index in [9.17, 15) is 4.79 Å². The number of carbonyl (C=O) groups is 1. The van der Waals surface area contributed by atoms with Crippen LogP contribution in [0.5, 0.6) is 0 Å². The monoisotopic (exact) mass is 321 g/mol. The molecule has 0 bridgehead atoms. The third-order valence-electron chi connectivity index (χ3n) is 2.71. The first-order valence-electron chi connectivity index (χ1n) is 6.51. The molecule has 0 spiro atoms. The topological polar surface area (TPSA) is 75.1 Å². The van der Waals surface area contributed by atoms with Gasteiger partial charge < -0.3 is 10.4 Å². The molecular formula is C14H15N3O2S2. The molecule has 21 heavy (non-hydrogen) atoms. The van der Waals surface area contributed by atoms with Crippen LogP contribution in [0.3, 0.4) is 0 Å². The first-order chi connectivity index (χ1) is 10.3. The molecule has 0 aliphatic carbocycles. The molecule has 0 unspecified atom stereocenters. The van der Waals surface area contributed by atoms with Crippen molar-refractivity contribution in [2.45, 2.75) is 26.3 Å². The van der Waals surface area contributed by atoms with Crippen molar-refractivity contribution in [1.29, 1.82) is 0 Å². The number of amides is 1. The van der Waals surface area contributed by atoms with Gasteiger partial charge in [-0.2, -0.15) is 0 Å². The molecule has 2 aromatic rings. The zero-order valence-electron chi connectivity index (χ0n) is 11.5. The highest BCUT2D eigenvalue weighted by Crippen LogP contribution is 2.17. The fourth-order valence-corrected chi connectivity index (χ4v) is 3.14. The van der Waals surface area contributed by atoms with Gasteiger partial charge in [-0.1, -0.05) is 29.7 Å². The van der Waals surface area contributed by atoms with Gasteiger partial charge in [-0.25, -0.2) is 0 Å². The molecule has 0 saturated carbocycles. The Labute approximate surface area is 131 Å². The predicted octanol–water partition coefficient (Wildman–Crippen LogP) is 1.83. The molecule has 0 saturated heterocycles. The van der Waals surface area contributed by atoms with E-state index in [1.807, 2.05) is 18.4 Å². The minimum absolute atomic E-state index is 0.150. The van der Waals surface area contributed by atoms with Gasteiger partial charge in [-0.3, -0.25) is 4.79 Å². The average Bonchev–Trinajstić information content (AvgIpc) is 3.12.